The highest BCUT2D eigenvalue weighted by molar-refractivity contribution is 14.1. The number of rotatable bonds is 9. The lowest BCUT2D eigenvalue weighted by atomic mass is 10.2. The molecule has 0 amide bonds. The lowest BCUT2D eigenvalue weighted by Gasteiger charge is -2.13. The van der Waals surface area contributed by atoms with Crippen LogP contribution >= 0.6 is 45.2 Å². The average Bonchev–Trinajstić information content (AvgIpc) is 2.78. The third-order valence-corrected chi connectivity index (χ3v) is 8.75. The molecule has 3 rings (SSSR count). The first-order chi connectivity index (χ1) is 15.1. The molecule has 7 nitrogen and oxygen atoms in total. The molecule has 0 heterocycles. The monoisotopic (exact) mass is 698 g/mol. The third kappa shape index (κ3) is 6.63. The van der Waals surface area contributed by atoms with Crippen LogP contribution in [-0.4, -0.2) is 23.9 Å². The number of benzene rings is 3. The smallest absolute Gasteiger partial charge is 0.244 e. The van der Waals surface area contributed by atoms with Crippen LogP contribution in [0.3, 0.4) is 0 Å². The van der Waals surface area contributed by atoms with Crippen molar-refractivity contribution in [2.45, 2.75) is 22.9 Å². The summed E-state index contributed by atoms with van der Waals surface area (Å²) in [7, 11) is -6.65. The molecule has 3 aromatic rings. The molecular weight excluding hydrogens is 678 g/mol. The van der Waals surface area contributed by atoms with Crippen LogP contribution in [0.5, 0.6) is 5.75 Å². The van der Waals surface area contributed by atoms with E-state index in [0.717, 1.165) is 24.3 Å². The van der Waals surface area contributed by atoms with Crippen molar-refractivity contribution < 1.29 is 21.6 Å². The van der Waals surface area contributed by atoms with E-state index in [1.54, 1.807) is 0 Å². The molecule has 0 saturated carbocycles. The van der Waals surface area contributed by atoms with Gasteiger partial charge < -0.3 is 4.74 Å². The van der Waals surface area contributed by atoms with E-state index in [-0.39, 0.29) is 28.6 Å². The van der Waals surface area contributed by atoms with Crippen LogP contribution in [0.15, 0.2) is 76.5 Å². The van der Waals surface area contributed by atoms with Gasteiger partial charge in [-0.2, -0.15) is 0 Å². The Balaban J connectivity index is 1.83. The predicted molar refractivity (Wildman–Crippen MR) is 139 cm³/mol. The standard InChI is InChI=1S/C21H20I2N2O5S2/c1-30-20-11-10-19(31(26,27)24-13-15-2-6-17(22)7-3-15)12-21(20)32(28,29)25-14-16-4-8-18(23)9-5-16/h2-12,24-25H,13-14H2,1H3. The molecule has 0 unspecified atom stereocenters. The van der Waals surface area contributed by atoms with Crippen LogP contribution < -0.4 is 14.2 Å². The van der Waals surface area contributed by atoms with E-state index >= 15 is 0 Å². The zero-order valence-corrected chi connectivity index (χ0v) is 22.8. The van der Waals surface area contributed by atoms with Crippen molar-refractivity contribution >= 4 is 65.2 Å². The van der Waals surface area contributed by atoms with Gasteiger partial charge in [0.05, 0.1) is 12.0 Å². The zero-order chi connectivity index (χ0) is 23.4. The largest absolute Gasteiger partial charge is 0.495 e. The van der Waals surface area contributed by atoms with Gasteiger partial charge in [-0.25, -0.2) is 26.3 Å². The molecule has 0 fully saturated rings. The van der Waals surface area contributed by atoms with Gasteiger partial charge in [0.15, 0.2) is 0 Å². The minimum atomic E-state index is -4.04. The topological polar surface area (TPSA) is 102 Å². The van der Waals surface area contributed by atoms with E-state index in [2.05, 4.69) is 54.6 Å². The van der Waals surface area contributed by atoms with Crippen LogP contribution in [0.1, 0.15) is 11.1 Å². The predicted octanol–water partition coefficient (Wildman–Crippen LogP) is 3.86. The van der Waals surface area contributed by atoms with E-state index in [9.17, 15) is 16.8 Å². The number of methoxy groups -OCH3 is 1. The molecule has 0 aliphatic carbocycles. The fourth-order valence-electron chi connectivity index (χ4n) is 2.76. The van der Waals surface area contributed by atoms with Gasteiger partial charge in [0, 0.05) is 20.2 Å². The second-order valence-corrected chi connectivity index (χ2v) is 12.7. The Bertz CT molecular complexity index is 1300. The van der Waals surface area contributed by atoms with Gasteiger partial charge in [-0.15, -0.1) is 0 Å². The Labute approximate surface area is 215 Å². The summed E-state index contributed by atoms with van der Waals surface area (Å²) in [5, 5.41) is 0. The number of hydrogen-bond donors (Lipinski definition) is 2. The second kappa shape index (κ2) is 10.8. The van der Waals surface area contributed by atoms with Crippen LogP contribution in [0.25, 0.3) is 0 Å². The third-order valence-electron chi connectivity index (χ3n) is 4.49. The van der Waals surface area contributed by atoms with Gasteiger partial charge in [-0.1, -0.05) is 24.3 Å². The van der Waals surface area contributed by atoms with Gasteiger partial charge >= 0.3 is 0 Å². The number of nitrogens with one attached hydrogen (secondary N) is 2. The molecule has 11 heteroatoms. The minimum Gasteiger partial charge on any atom is -0.495 e. The average molecular weight is 698 g/mol. The molecule has 0 saturated heterocycles. The van der Waals surface area contributed by atoms with Gasteiger partial charge in [-0.05, 0) is 98.8 Å². The van der Waals surface area contributed by atoms with Gasteiger partial charge in [0.2, 0.25) is 20.0 Å². The molecule has 0 aliphatic rings. The second-order valence-electron chi connectivity index (χ2n) is 6.71. The summed E-state index contributed by atoms with van der Waals surface area (Å²) in [4.78, 5) is -0.416. The van der Waals surface area contributed by atoms with Crippen LogP contribution in [0, 0.1) is 7.14 Å². The fourth-order valence-corrected chi connectivity index (χ4v) is 5.80. The maximum atomic E-state index is 12.9. The van der Waals surface area contributed by atoms with Crippen LogP contribution in [0.4, 0.5) is 0 Å². The number of sulfonamides is 2. The molecule has 0 aromatic heterocycles. The molecule has 0 spiro atoms. The lowest BCUT2D eigenvalue weighted by molar-refractivity contribution is 0.401. The maximum absolute atomic E-state index is 12.9. The van der Waals surface area contributed by atoms with Gasteiger partial charge in [0.1, 0.15) is 10.6 Å². The normalized spacial score (nSPS) is 12.0. The first-order valence-electron chi connectivity index (χ1n) is 9.27. The van der Waals surface area contributed by atoms with Gasteiger partial charge in [0.25, 0.3) is 0 Å². The minimum absolute atomic E-state index is 0.0525. The highest BCUT2D eigenvalue weighted by atomic mass is 127. The van der Waals surface area contributed by atoms with E-state index in [0.29, 0.717) is 0 Å². The summed E-state index contributed by atoms with van der Waals surface area (Å²) in [6.07, 6.45) is 0. The van der Waals surface area contributed by atoms with Crippen molar-refractivity contribution in [3.8, 4) is 5.75 Å². The van der Waals surface area contributed by atoms with Gasteiger partial charge in [-0.3, -0.25) is 0 Å². The van der Waals surface area contributed by atoms with Crippen LogP contribution in [0.2, 0.25) is 0 Å². The van der Waals surface area contributed by atoms with E-state index in [1.807, 2.05) is 48.5 Å². The van der Waals surface area contributed by atoms with Crippen molar-refractivity contribution in [2.75, 3.05) is 7.11 Å². The molecular formula is C21H20I2N2O5S2. The van der Waals surface area contributed by atoms with E-state index < -0.39 is 20.0 Å². The number of ether oxygens (including phenoxy) is 1. The fraction of sp³-hybridized carbons (Fsp3) is 0.143. The quantitative estimate of drug-likeness (QED) is 0.331. The van der Waals surface area contributed by atoms with E-state index in [4.69, 9.17) is 4.74 Å². The summed E-state index contributed by atoms with van der Waals surface area (Å²) < 4.78 is 63.7. The Morgan fingerprint density at radius 2 is 1.19 bits per heavy atom. The molecule has 170 valence electrons. The summed E-state index contributed by atoms with van der Waals surface area (Å²) >= 11 is 4.33. The first kappa shape index (κ1) is 25.4. The SMILES string of the molecule is COc1ccc(S(=O)(=O)NCc2ccc(I)cc2)cc1S(=O)(=O)NCc1ccc(I)cc1. The number of halogens is 2. The Morgan fingerprint density at radius 3 is 1.66 bits per heavy atom. The van der Waals surface area contributed by atoms with Crippen molar-refractivity contribution in [3.05, 3.63) is 85.0 Å². The molecule has 0 bridgehead atoms. The molecule has 2 N–H and O–H groups in total. The molecule has 3 aromatic carbocycles. The lowest BCUT2D eigenvalue weighted by Crippen LogP contribution is -2.26. The summed E-state index contributed by atoms with van der Waals surface area (Å²) in [5.74, 6) is 0.0525. The summed E-state index contributed by atoms with van der Waals surface area (Å²) in [5.41, 5.74) is 1.56. The first-order valence-corrected chi connectivity index (χ1v) is 14.4. The van der Waals surface area contributed by atoms with E-state index in [1.165, 1.54) is 19.2 Å². The van der Waals surface area contributed by atoms with Crippen molar-refractivity contribution in [1.82, 2.24) is 9.44 Å². The number of hydrogen-bond acceptors (Lipinski definition) is 5. The Kier molecular flexibility index (Phi) is 8.54. The molecule has 32 heavy (non-hydrogen) atoms. The van der Waals surface area contributed by atoms with Crippen molar-refractivity contribution in [1.29, 1.82) is 0 Å². The zero-order valence-electron chi connectivity index (χ0n) is 16.9. The molecule has 0 aliphatic heterocycles. The molecule has 0 atom stereocenters. The Morgan fingerprint density at radius 1 is 0.719 bits per heavy atom. The maximum Gasteiger partial charge on any atom is 0.244 e. The van der Waals surface area contributed by atoms with Crippen molar-refractivity contribution in [3.63, 3.8) is 0 Å². The summed E-state index contributed by atoms with van der Waals surface area (Å²) in [6, 6.07) is 18.5. The van der Waals surface area contributed by atoms with Crippen molar-refractivity contribution in [2.24, 2.45) is 0 Å². The Hall–Kier alpha value is -1.26. The summed E-state index contributed by atoms with van der Waals surface area (Å²) in [6.45, 7) is 0.142. The highest BCUT2D eigenvalue weighted by Gasteiger charge is 2.24. The van der Waals surface area contributed by atoms with Crippen LogP contribution in [-0.2, 0) is 33.1 Å². The molecule has 0 radical (unpaired) electrons. The highest BCUT2D eigenvalue weighted by Crippen LogP contribution is 2.27.